The van der Waals surface area contributed by atoms with Gasteiger partial charge in [0, 0.05) is 13.6 Å². The molecule has 2 amide bonds. The van der Waals surface area contributed by atoms with Crippen molar-refractivity contribution in [3.63, 3.8) is 0 Å². The molecule has 0 spiro atoms. The minimum absolute atomic E-state index is 0.000808. The van der Waals surface area contributed by atoms with E-state index in [-0.39, 0.29) is 17.8 Å². The van der Waals surface area contributed by atoms with Crippen LogP contribution in [0.2, 0.25) is 0 Å². The first-order valence-electron chi connectivity index (χ1n) is 7.76. The van der Waals surface area contributed by atoms with Crippen LogP contribution in [0.25, 0.3) is 0 Å². The van der Waals surface area contributed by atoms with Gasteiger partial charge in [0.1, 0.15) is 0 Å². The highest BCUT2D eigenvalue weighted by Gasteiger charge is 2.26. The zero-order valence-corrected chi connectivity index (χ0v) is 20.7. The van der Waals surface area contributed by atoms with E-state index >= 15 is 0 Å². The van der Waals surface area contributed by atoms with Crippen LogP contribution in [0.4, 0.5) is 11.4 Å². The Hall–Kier alpha value is 0.110. The zero-order chi connectivity index (χ0) is 21.6. The van der Waals surface area contributed by atoms with E-state index in [1.807, 2.05) is 67.8 Å². The fraction of sp³-hybridized carbons (Fsp3) is 0.467. The number of carbonyl (C=O) groups is 2. The van der Waals surface area contributed by atoms with Crippen molar-refractivity contribution in [2.24, 2.45) is 0 Å². The Kier molecular flexibility index (Phi) is 11.3. The number of hydrogen-bond acceptors (Lipinski definition) is 8. The number of anilines is 2. The molecule has 0 aliphatic heterocycles. The summed E-state index contributed by atoms with van der Waals surface area (Å²) in [6.45, 7) is -2.08. The standard InChI is InChI=1S/C15H19I3N2O8/c16-9-6(1-5(24)2-21)10(17)13(20-15(28)8(26)4-23)11(18)12(9)19-14(27)7(25)3-22/h5,7-8,21-26H,1-4H2,(H,19,27)(H,20,28). The van der Waals surface area contributed by atoms with Gasteiger partial charge in [-0.05, 0) is 73.3 Å². The molecule has 0 radical (unpaired) electrons. The van der Waals surface area contributed by atoms with Crippen molar-refractivity contribution in [3.05, 3.63) is 16.3 Å². The van der Waals surface area contributed by atoms with Crippen LogP contribution >= 0.6 is 67.8 Å². The Morgan fingerprint density at radius 1 is 0.750 bits per heavy atom. The highest BCUT2D eigenvalue weighted by molar-refractivity contribution is 14.1. The molecule has 8 N–H and O–H groups in total. The van der Waals surface area contributed by atoms with Crippen molar-refractivity contribution in [3.8, 4) is 0 Å². The molecule has 10 nitrogen and oxygen atoms in total. The predicted molar refractivity (Wildman–Crippen MR) is 125 cm³/mol. The first kappa shape index (κ1) is 26.1. The molecule has 13 heteroatoms. The Bertz CT molecular complexity index is 683. The summed E-state index contributed by atoms with van der Waals surface area (Å²) in [6.07, 6.45) is -4.42. The van der Waals surface area contributed by atoms with Gasteiger partial charge in [0.25, 0.3) is 11.8 Å². The fourth-order valence-corrected chi connectivity index (χ4v) is 6.14. The first-order chi connectivity index (χ1) is 13.1. The second-order valence-corrected chi connectivity index (χ2v) is 8.82. The number of aliphatic hydroxyl groups is 6. The topological polar surface area (TPSA) is 180 Å². The van der Waals surface area contributed by atoms with E-state index in [1.54, 1.807) is 0 Å². The molecule has 0 fully saturated rings. The van der Waals surface area contributed by atoms with Crippen LogP contribution in [0.15, 0.2) is 0 Å². The van der Waals surface area contributed by atoms with Gasteiger partial charge in [-0.15, -0.1) is 0 Å². The number of aliphatic hydroxyl groups excluding tert-OH is 6. The molecule has 0 aliphatic rings. The molecule has 0 saturated carbocycles. The molecule has 0 aliphatic carbocycles. The lowest BCUT2D eigenvalue weighted by Crippen LogP contribution is -2.33. The van der Waals surface area contributed by atoms with E-state index in [0.29, 0.717) is 16.3 Å². The third-order valence-electron chi connectivity index (χ3n) is 3.51. The maximum absolute atomic E-state index is 12.0. The molecule has 28 heavy (non-hydrogen) atoms. The number of halogens is 3. The molecular formula is C15H19I3N2O8. The van der Waals surface area contributed by atoms with E-state index in [0.717, 1.165) is 0 Å². The predicted octanol–water partition coefficient (Wildman–Crippen LogP) is -1.02. The van der Waals surface area contributed by atoms with Crippen molar-refractivity contribution in [2.45, 2.75) is 24.7 Å². The van der Waals surface area contributed by atoms with Crippen LogP contribution in [-0.4, -0.2) is 80.6 Å². The highest BCUT2D eigenvalue weighted by atomic mass is 127. The summed E-state index contributed by atoms with van der Waals surface area (Å²) in [7, 11) is 0. The van der Waals surface area contributed by atoms with Crippen molar-refractivity contribution < 1.29 is 40.2 Å². The van der Waals surface area contributed by atoms with Gasteiger partial charge >= 0.3 is 0 Å². The first-order valence-corrected chi connectivity index (χ1v) is 11.0. The molecule has 1 rings (SSSR count). The summed E-state index contributed by atoms with van der Waals surface area (Å²) >= 11 is 5.69. The summed E-state index contributed by atoms with van der Waals surface area (Å²) in [5, 5.41) is 60.9. The second-order valence-electron chi connectivity index (χ2n) is 5.59. The largest absolute Gasteiger partial charge is 0.394 e. The van der Waals surface area contributed by atoms with Crippen molar-refractivity contribution >= 4 is 91.0 Å². The van der Waals surface area contributed by atoms with Crippen LogP contribution < -0.4 is 10.6 Å². The number of benzene rings is 1. The van der Waals surface area contributed by atoms with Crippen molar-refractivity contribution in [2.75, 3.05) is 30.5 Å². The van der Waals surface area contributed by atoms with Gasteiger partial charge in [-0.1, -0.05) is 0 Å². The highest BCUT2D eigenvalue weighted by Crippen LogP contribution is 2.39. The van der Waals surface area contributed by atoms with Gasteiger partial charge in [-0.25, -0.2) is 0 Å². The van der Waals surface area contributed by atoms with Crippen LogP contribution in [0.5, 0.6) is 0 Å². The van der Waals surface area contributed by atoms with E-state index in [2.05, 4.69) is 10.6 Å². The average molecular weight is 736 g/mol. The lowest BCUT2D eigenvalue weighted by atomic mass is 10.1. The Morgan fingerprint density at radius 2 is 1.14 bits per heavy atom. The minimum atomic E-state index is -1.66. The van der Waals surface area contributed by atoms with Gasteiger partial charge in [-0.2, -0.15) is 0 Å². The number of hydrogen-bond donors (Lipinski definition) is 8. The Labute approximate surface area is 201 Å². The number of amides is 2. The molecule has 0 saturated heterocycles. The van der Waals surface area contributed by atoms with E-state index < -0.39 is 49.9 Å². The van der Waals surface area contributed by atoms with Gasteiger partial charge in [0.05, 0.1) is 40.9 Å². The zero-order valence-electron chi connectivity index (χ0n) is 14.2. The average Bonchev–Trinajstić information content (AvgIpc) is 2.69. The van der Waals surface area contributed by atoms with Gasteiger partial charge in [0.2, 0.25) is 0 Å². The lowest BCUT2D eigenvalue weighted by Gasteiger charge is -2.22. The third kappa shape index (κ3) is 6.56. The quantitative estimate of drug-likeness (QED) is 0.149. The molecule has 0 aromatic heterocycles. The van der Waals surface area contributed by atoms with Crippen molar-refractivity contribution in [1.29, 1.82) is 0 Å². The van der Waals surface area contributed by atoms with Gasteiger partial charge in [-0.3, -0.25) is 9.59 Å². The van der Waals surface area contributed by atoms with Crippen LogP contribution in [0.3, 0.4) is 0 Å². The third-order valence-corrected chi connectivity index (χ3v) is 6.97. The SMILES string of the molecule is O=C(Nc1c(I)c(CC(O)CO)c(I)c(NC(=O)C(O)CO)c1I)C(O)CO. The molecule has 3 atom stereocenters. The fourth-order valence-electron chi connectivity index (χ4n) is 1.99. The molecule has 3 unspecified atom stereocenters. The molecule has 1 aromatic rings. The number of rotatable bonds is 9. The van der Waals surface area contributed by atoms with Crippen molar-refractivity contribution in [1.82, 2.24) is 0 Å². The summed E-state index contributed by atoms with van der Waals surface area (Å²) in [5.74, 6) is -1.75. The Balaban J connectivity index is 3.52. The maximum atomic E-state index is 12.0. The second kappa shape index (κ2) is 12.1. The molecule has 0 bridgehead atoms. The van der Waals surface area contributed by atoms with E-state index in [9.17, 15) is 24.9 Å². The monoisotopic (exact) mass is 736 g/mol. The smallest absolute Gasteiger partial charge is 0.255 e. The summed E-state index contributed by atoms with van der Waals surface area (Å²) in [4.78, 5) is 24.1. The molecule has 1 aromatic carbocycles. The maximum Gasteiger partial charge on any atom is 0.255 e. The van der Waals surface area contributed by atoms with E-state index in [1.165, 1.54) is 0 Å². The minimum Gasteiger partial charge on any atom is -0.394 e. The number of nitrogens with one attached hydrogen (secondary N) is 2. The Morgan fingerprint density at radius 3 is 1.46 bits per heavy atom. The normalized spacial score (nSPS) is 14.3. The molecular weight excluding hydrogens is 717 g/mol. The number of carbonyl (C=O) groups excluding carboxylic acids is 2. The van der Waals surface area contributed by atoms with E-state index in [4.69, 9.17) is 15.3 Å². The summed E-state index contributed by atoms with van der Waals surface area (Å²) in [5.41, 5.74) is 0.937. The van der Waals surface area contributed by atoms with Crippen LogP contribution in [-0.2, 0) is 16.0 Å². The lowest BCUT2D eigenvalue weighted by molar-refractivity contribution is -0.126. The van der Waals surface area contributed by atoms with Crippen LogP contribution in [0, 0.1) is 10.7 Å². The van der Waals surface area contributed by atoms with Crippen LogP contribution in [0.1, 0.15) is 5.56 Å². The van der Waals surface area contributed by atoms with Gasteiger partial charge in [0.15, 0.2) is 12.2 Å². The van der Waals surface area contributed by atoms with Gasteiger partial charge < -0.3 is 41.3 Å². The molecule has 0 heterocycles. The molecule has 158 valence electrons. The summed E-state index contributed by atoms with van der Waals surface area (Å²) in [6, 6.07) is 0. The summed E-state index contributed by atoms with van der Waals surface area (Å²) < 4.78 is 1.36.